The van der Waals surface area contributed by atoms with Gasteiger partial charge in [0, 0.05) is 24.2 Å². The van der Waals surface area contributed by atoms with Gasteiger partial charge in [0.05, 0.1) is 0 Å². The van der Waals surface area contributed by atoms with Gasteiger partial charge in [-0.05, 0) is 43.3 Å². The van der Waals surface area contributed by atoms with Crippen LogP contribution in [0.25, 0.3) is 0 Å². The van der Waals surface area contributed by atoms with Crippen LogP contribution in [-0.2, 0) is 6.54 Å². The number of hydrogen-bond acceptors (Lipinski definition) is 2. The van der Waals surface area contributed by atoms with E-state index in [0.717, 1.165) is 31.2 Å². The number of halogens is 1. The first-order valence-corrected chi connectivity index (χ1v) is 8.77. The highest BCUT2D eigenvalue weighted by molar-refractivity contribution is 6.30. The van der Waals surface area contributed by atoms with Crippen LogP contribution in [-0.4, -0.2) is 24.5 Å². The maximum atomic E-state index is 6.03. The van der Waals surface area contributed by atoms with Crippen LogP contribution in [0.2, 0.25) is 5.02 Å². The Morgan fingerprint density at radius 1 is 1.04 bits per heavy atom. The second kappa shape index (κ2) is 9.07. The molecule has 0 aliphatic carbocycles. The largest absolute Gasteiger partial charge is 0.311 e. The van der Waals surface area contributed by atoms with Gasteiger partial charge in [-0.25, -0.2) is 0 Å². The number of rotatable bonds is 8. The van der Waals surface area contributed by atoms with Crippen LogP contribution in [0.1, 0.15) is 36.6 Å². The smallest absolute Gasteiger partial charge is 0.0472 e. The van der Waals surface area contributed by atoms with Crippen LogP contribution >= 0.6 is 11.6 Å². The van der Waals surface area contributed by atoms with Gasteiger partial charge in [0.15, 0.2) is 0 Å². The molecule has 0 radical (unpaired) electrons. The lowest BCUT2D eigenvalue weighted by molar-refractivity contribution is 0.213. The standard InChI is InChI=1S/C20H27ClN2/c1-4-23(5-2)20(18-9-11-19(21)12-10-18)15-22-14-17-8-6-7-16(3)13-17/h6-13,20,22H,4-5,14-15H2,1-3H3. The summed E-state index contributed by atoms with van der Waals surface area (Å²) in [5.41, 5.74) is 3.96. The summed E-state index contributed by atoms with van der Waals surface area (Å²) in [6.07, 6.45) is 0. The third-order valence-electron chi connectivity index (χ3n) is 4.26. The predicted octanol–water partition coefficient (Wildman–Crippen LogP) is 4.82. The summed E-state index contributed by atoms with van der Waals surface area (Å²) < 4.78 is 0. The van der Waals surface area contributed by atoms with E-state index in [0.29, 0.717) is 6.04 Å². The molecule has 2 aromatic carbocycles. The first kappa shape index (κ1) is 18.0. The third-order valence-corrected chi connectivity index (χ3v) is 4.51. The third kappa shape index (κ3) is 5.35. The van der Waals surface area contributed by atoms with Gasteiger partial charge >= 0.3 is 0 Å². The van der Waals surface area contributed by atoms with Crippen molar-refractivity contribution >= 4 is 11.6 Å². The second-order valence-electron chi connectivity index (χ2n) is 5.91. The molecule has 2 aromatic rings. The van der Waals surface area contributed by atoms with Crippen LogP contribution in [0.4, 0.5) is 0 Å². The number of aryl methyl sites for hydroxylation is 1. The molecule has 0 saturated carbocycles. The van der Waals surface area contributed by atoms with E-state index in [9.17, 15) is 0 Å². The summed E-state index contributed by atoms with van der Waals surface area (Å²) in [7, 11) is 0. The fourth-order valence-electron chi connectivity index (χ4n) is 2.98. The molecule has 2 nitrogen and oxygen atoms in total. The van der Waals surface area contributed by atoms with E-state index in [1.807, 2.05) is 12.1 Å². The Bertz CT molecular complexity index is 591. The maximum Gasteiger partial charge on any atom is 0.0472 e. The Hall–Kier alpha value is -1.35. The molecule has 0 heterocycles. The topological polar surface area (TPSA) is 15.3 Å². The predicted molar refractivity (Wildman–Crippen MR) is 100.0 cm³/mol. The highest BCUT2D eigenvalue weighted by atomic mass is 35.5. The molecule has 124 valence electrons. The van der Waals surface area contributed by atoms with Gasteiger partial charge in [0.25, 0.3) is 0 Å². The van der Waals surface area contributed by atoms with Gasteiger partial charge in [0.1, 0.15) is 0 Å². The van der Waals surface area contributed by atoms with E-state index >= 15 is 0 Å². The Morgan fingerprint density at radius 3 is 2.35 bits per heavy atom. The van der Waals surface area contributed by atoms with Gasteiger partial charge in [-0.1, -0.05) is 67.4 Å². The monoisotopic (exact) mass is 330 g/mol. The van der Waals surface area contributed by atoms with Gasteiger partial charge in [-0.3, -0.25) is 4.90 Å². The van der Waals surface area contributed by atoms with Crippen molar-refractivity contribution in [2.45, 2.75) is 33.4 Å². The van der Waals surface area contributed by atoms with Gasteiger partial charge in [0.2, 0.25) is 0 Å². The molecule has 23 heavy (non-hydrogen) atoms. The van der Waals surface area contributed by atoms with Crippen molar-refractivity contribution in [1.29, 1.82) is 0 Å². The highest BCUT2D eigenvalue weighted by Gasteiger charge is 2.17. The molecule has 3 heteroatoms. The van der Waals surface area contributed by atoms with Crippen molar-refractivity contribution in [1.82, 2.24) is 10.2 Å². The molecule has 1 N–H and O–H groups in total. The summed E-state index contributed by atoms with van der Waals surface area (Å²) in [6.45, 7) is 10.5. The number of nitrogens with one attached hydrogen (secondary N) is 1. The second-order valence-corrected chi connectivity index (χ2v) is 6.34. The molecule has 1 unspecified atom stereocenters. The fraction of sp³-hybridized carbons (Fsp3) is 0.400. The van der Waals surface area contributed by atoms with Crippen LogP contribution in [0.15, 0.2) is 48.5 Å². The van der Waals surface area contributed by atoms with Crippen LogP contribution in [0.5, 0.6) is 0 Å². The first-order valence-electron chi connectivity index (χ1n) is 8.39. The minimum atomic E-state index is 0.368. The Labute approximate surface area is 145 Å². The first-order chi connectivity index (χ1) is 11.1. The quantitative estimate of drug-likeness (QED) is 0.746. The molecule has 1 atom stereocenters. The molecule has 0 spiro atoms. The summed E-state index contributed by atoms with van der Waals surface area (Å²) in [6, 6.07) is 17.3. The normalized spacial score (nSPS) is 12.6. The van der Waals surface area contributed by atoms with Crippen molar-refractivity contribution in [3.05, 3.63) is 70.2 Å². The number of likely N-dealkylation sites (N-methyl/N-ethyl adjacent to an activating group) is 1. The van der Waals surface area contributed by atoms with E-state index in [1.54, 1.807) is 0 Å². The summed E-state index contributed by atoms with van der Waals surface area (Å²) in [4.78, 5) is 2.48. The average molecular weight is 331 g/mol. The Morgan fingerprint density at radius 2 is 1.74 bits per heavy atom. The van der Waals surface area contributed by atoms with E-state index in [4.69, 9.17) is 11.6 Å². The van der Waals surface area contributed by atoms with Gasteiger partial charge in [-0.2, -0.15) is 0 Å². The van der Waals surface area contributed by atoms with Gasteiger partial charge < -0.3 is 5.32 Å². The van der Waals surface area contributed by atoms with Crippen molar-refractivity contribution in [3.8, 4) is 0 Å². The summed E-state index contributed by atoms with van der Waals surface area (Å²) in [5.74, 6) is 0. The molecule has 0 fully saturated rings. The van der Waals surface area contributed by atoms with Crippen LogP contribution < -0.4 is 5.32 Å². The zero-order valence-electron chi connectivity index (χ0n) is 14.3. The summed E-state index contributed by atoms with van der Waals surface area (Å²) >= 11 is 6.03. The number of hydrogen-bond donors (Lipinski definition) is 1. The minimum Gasteiger partial charge on any atom is -0.311 e. The van der Waals surface area contributed by atoms with E-state index in [1.165, 1.54) is 16.7 Å². The van der Waals surface area contributed by atoms with Crippen molar-refractivity contribution in [2.24, 2.45) is 0 Å². The van der Waals surface area contributed by atoms with Gasteiger partial charge in [-0.15, -0.1) is 0 Å². The van der Waals surface area contributed by atoms with E-state index in [2.05, 4.69) is 67.4 Å². The lowest BCUT2D eigenvalue weighted by atomic mass is 10.0. The van der Waals surface area contributed by atoms with Crippen molar-refractivity contribution in [3.63, 3.8) is 0 Å². The lowest BCUT2D eigenvalue weighted by Gasteiger charge is -2.30. The van der Waals surface area contributed by atoms with E-state index < -0.39 is 0 Å². The number of nitrogens with zero attached hydrogens (tertiary/aromatic N) is 1. The SMILES string of the molecule is CCN(CC)C(CNCc1cccc(C)c1)c1ccc(Cl)cc1. The lowest BCUT2D eigenvalue weighted by Crippen LogP contribution is -2.35. The molecule has 0 bridgehead atoms. The molecule has 0 saturated heterocycles. The average Bonchev–Trinajstić information content (AvgIpc) is 2.55. The fourth-order valence-corrected chi connectivity index (χ4v) is 3.11. The molecule has 2 rings (SSSR count). The molecule has 0 aliphatic rings. The van der Waals surface area contributed by atoms with E-state index in [-0.39, 0.29) is 0 Å². The summed E-state index contributed by atoms with van der Waals surface area (Å²) in [5, 5.41) is 4.41. The maximum absolute atomic E-state index is 6.03. The highest BCUT2D eigenvalue weighted by Crippen LogP contribution is 2.22. The molecule has 0 aromatic heterocycles. The zero-order valence-corrected chi connectivity index (χ0v) is 15.1. The Kier molecular flexibility index (Phi) is 7.10. The molecular formula is C20H27ClN2. The zero-order chi connectivity index (χ0) is 16.7. The minimum absolute atomic E-state index is 0.368. The van der Waals surface area contributed by atoms with Crippen molar-refractivity contribution in [2.75, 3.05) is 19.6 Å². The van der Waals surface area contributed by atoms with Crippen LogP contribution in [0, 0.1) is 6.92 Å². The molecule has 0 aliphatic heterocycles. The number of benzene rings is 2. The molecule has 0 amide bonds. The molecular weight excluding hydrogens is 304 g/mol. The van der Waals surface area contributed by atoms with Crippen molar-refractivity contribution < 1.29 is 0 Å². The van der Waals surface area contributed by atoms with Crippen LogP contribution in [0.3, 0.4) is 0 Å². The Balaban J connectivity index is 2.04.